The quantitative estimate of drug-likeness (QED) is 0.218. The van der Waals surface area contributed by atoms with E-state index in [4.69, 9.17) is 15.0 Å². The Kier molecular flexibility index (Phi) is 7.63. The molecule has 1 fully saturated rings. The number of aliphatic imine (C=N–C) groups is 1. The van der Waals surface area contributed by atoms with Gasteiger partial charge in [0.05, 0.1) is 27.7 Å². The largest absolute Gasteiger partial charge is 0.503 e. The van der Waals surface area contributed by atoms with E-state index in [2.05, 4.69) is 20.5 Å². The summed E-state index contributed by atoms with van der Waals surface area (Å²) in [4.78, 5) is 25.5. The molecule has 1 aliphatic carbocycles. The molecule has 0 radical (unpaired) electrons. The summed E-state index contributed by atoms with van der Waals surface area (Å²) in [6.45, 7) is 0. The lowest BCUT2D eigenvalue weighted by molar-refractivity contribution is -0.143. The van der Waals surface area contributed by atoms with E-state index in [-0.39, 0.29) is 28.1 Å². The summed E-state index contributed by atoms with van der Waals surface area (Å²) in [6.07, 6.45) is -8.82. The lowest BCUT2D eigenvalue weighted by Crippen LogP contribution is -2.20. The van der Waals surface area contributed by atoms with Crippen molar-refractivity contribution >= 4 is 45.5 Å². The van der Waals surface area contributed by atoms with Crippen molar-refractivity contribution in [2.75, 3.05) is 0 Å². The number of fused-ring (bicyclic) bond motifs is 1. The molecular weight excluding hydrogens is 554 g/mol. The second-order valence-electron chi connectivity index (χ2n) is 8.55. The van der Waals surface area contributed by atoms with Gasteiger partial charge in [-0.2, -0.15) is 36.4 Å². The number of amides is 1. The molecule has 39 heavy (non-hydrogen) atoms. The standard InChI is InChI=1S/C23H16F6N4OS.CH2O3/c24-22(25,26)14-3-1-12(17(9-14)23(27,28)29)8-16(11-2-6-18-13(7-11)10-30-33-18)19-20(34)32-21(35-19)31-15-4-5-15;2-1(3)4/h1-3,6-7,9-10,15H,4-5,8H2,(H,30,33)(H,31,32,34);(H2,2,3,4). The van der Waals surface area contributed by atoms with Crippen molar-refractivity contribution in [2.45, 2.75) is 37.7 Å². The smallest absolute Gasteiger partial charge is 0.450 e. The topological polar surface area (TPSA) is 128 Å². The maximum absolute atomic E-state index is 13.8. The summed E-state index contributed by atoms with van der Waals surface area (Å²) in [7, 11) is 0. The van der Waals surface area contributed by atoms with Crippen molar-refractivity contribution in [2.24, 2.45) is 4.99 Å². The molecule has 8 nitrogen and oxygen atoms in total. The molecule has 0 bridgehead atoms. The highest BCUT2D eigenvalue weighted by Gasteiger charge is 2.39. The number of allylic oxidation sites excluding steroid dienone is 1. The lowest BCUT2D eigenvalue weighted by atomic mass is 9.92. The van der Waals surface area contributed by atoms with E-state index in [9.17, 15) is 31.1 Å². The predicted octanol–water partition coefficient (Wildman–Crippen LogP) is 6.16. The molecule has 2 aromatic carbocycles. The van der Waals surface area contributed by atoms with Gasteiger partial charge in [0.1, 0.15) is 0 Å². The predicted molar refractivity (Wildman–Crippen MR) is 130 cm³/mol. The molecular formula is C24H18F6N4O4S. The molecule has 0 unspecified atom stereocenters. The molecule has 0 atom stereocenters. The molecule has 4 N–H and O–H groups in total. The highest BCUT2D eigenvalue weighted by molar-refractivity contribution is 8.18. The minimum absolute atomic E-state index is 0.108. The van der Waals surface area contributed by atoms with Gasteiger partial charge in [0, 0.05) is 11.4 Å². The van der Waals surface area contributed by atoms with E-state index in [1.54, 1.807) is 18.2 Å². The van der Waals surface area contributed by atoms with Crippen LogP contribution >= 0.6 is 11.8 Å². The van der Waals surface area contributed by atoms with E-state index in [0.717, 1.165) is 30.7 Å². The molecule has 1 saturated carbocycles. The molecule has 15 heteroatoms. The van der Waals surface area contributed by atoms with Gasteiger partial charge in [-0.15, -0.1) is 0 Å². The van der Waals surface area contributed by atoms with Crippen LogP contribution in [0.5, 0.6) is 0 Å². The highest BCUT2D eigenvalue weighted by Crippen LogP contribution is 2.41. The molecule has 5 rings (SSSR count). The van der Waals surface area contributed by atoms with Crippen molar-refractivity contribution in [1.29, 1.82) is 0 Å². The number of hydrogen-bond acceptors (Lipinski definition) is 5. The Bertz CT molecular complexity index is 1490. The van der Waals surface area contributed by atoms with Crippen LogP contribution in [0.1, 0.15) is 35.1 Å². The number of carbonyl (C=O) groups is 2. The van der Waals surface area contributed by atoms with E-state index in [0.29, 0.717) is 27.7 Å². The first kappa shape index (κ1) is 28.0. The first-order valence-corrected chi connectivity index (χ1v) is 12.0. The number of aromatic nitrogens is 2. The van der Waals surface area contributed by atoms with Crippen molar-refractivity contribution in [1.82, 2.24) is 15.5 Å². The van der Waals surface area contributed by atoms with Crippen molar-refractivity contribution < 1.29 is 46.1 Å². The van der Waals surface area contributed by atoms with Crippen LogP contribution in [0.25, 0.3) is 16.5 Å². The van der Waals surface area contributed by atoms with Gasteiger partial charge in [-0.25, -0.2) is 4.79 Å². The van der Waals surface area contributed by atoms with Crippen LogP contribution in [-0.2, 0) is 23.6 Å². The van der Waals surface area contributed by atoms with Crippen molar-refractivity contribution in [3.05, 3.63) is 69.8 Å². The van der Waals surface area contributed by atoms with E-state index in [1.165, 1.54) is 6.20 Å². The SMILES string of the molecule is O=C(O)O.O=C1N=C(NC2CC2)SC1=C(Cc1ccc(C(F)(F)F)cc1C(F)(F)F)c1ccc2[nH]ncc2c1. The summed E-state index contributed by atoms with van der Waals surface area (Å²) < 4.78 is 80.8. The number of hydrogen-bond donors (Lipinski definition) is 4. The number of halogens is 6. The molecule has 1 amide bonds. The van der Waals surface area contributed by atoms with Crippen LogP contribution in [0.2, 0.25) is 0 Å². The van der Waals surface area contributed by atoms with Gasteiger partial charge < -0.3 is 15.5 Å². The molecule has 2 aliphatic rings. The minimum Gasteiger partial charge on any atom is -0.450 e. The number of benzene rings is 2. The average Bonchev–Trinajstić information content (AvgIpc) is 3.38. The van der Waals surface area contributed by atoms with Crippen molar-refractivity contribution in [3.63, 3.8) is 0 Å². The number of nitrogens with zero attached hydrogens (tertiary/aromatic N) is 2. The maximum atomic E-state index is 13.8. The van der Waals surface area contributed by atoms with Gasteiger partial charge in [-0.3, -0.25) is 9.89 Å². The number of alkyl halides is 6. The van der Waals surface area contributed by atoms with Gasteiger partial charge >= 0.3 is 18.5 Å². The van der Waals surface area contributed by atoms with Crippen LogP contribution < -0.4 is 5.32 Å². The number of carbonyl (C=O) groups excluding carboxylic acids is 1. The Hall–Kier alpha value is -4.01. The zero-order valence-corrected chi connectivity index (χ0v) is 20.3. The second kappa shape index (κ2) is 10.6. The zero-order chi connectivity index (χ0) is 28.5. The number of thioether (sulfide) groups is 1. The van der Waals surface area contributed by atoms with Gasteiger partial charge in [0.2, 0.25) is 0 Å². The normalized spacial score (nSPS) is 17.0. The lowest BCUT2D eigenvalue weighted by Gasteiger charge is -2.18. The Balaban J connectivity index is 0.000000826. The summed E-state index contributed by atoms with van der Waals surface area (Å²) in [5.74, 6) is -0.610. The van der Waals surface area contributed by atoms with E-state index < -0.39 is 42.0 Å². The fourth-order valence-electron chi connectivity index (χ4n) is 3.77. The van der Waals surface area contributed by atoms with Gasteiger partial charge in [-0.1, -0.05) is 12.1 Å². The third kappa shape index (κ3) is 6.90. The number of rotatable bonds is 4. The van der Waals surface area contributed by atoms with E-state index >= 15 is 0 Å². The zero-order valence-electron chi connectivity index (χ0n) is 19.5. The molecule has 0 saturated heterocycles. The van der Waals surface area contributed by atoms with Crippen molar-refractivity contribution in [3.8, 4) is 0 Å². The number of amidine groups is 1. The number of carboxylic acid groups (broad SMARTS) is 2. The fraction of sp³-hybridized carbons (Fsp3) is 0.250. The third-order valence-corrected chi connectivity index (χ3v) is 6.70. The Morgan fingerprint density at radius 2 is 1.74 bits per heavy atom. The fourth-order valence-corrected chi connectivity index (χ4v) is 4.76. The molecule has 0 spiro atoms. The van der Waals surface area contributed by atoms with Crippen LogP contribution in [0.4, 0.5) is 31.1 Å². The van der Waals surface area contributed by atoms with Crippen LogP contribution in [0.3, 0.4) is 0 Å². The Morgan fingerprint density at radius 1 is 1.05 bits per heavy atom. The molecule has 1 aliphatic heterocycles. The van der Waals surface area contributed by atoms with E-state index in [1.807, 2.05) is 0 Å². The second-order valence-corrected chi connectivity index (χ2v) is 9.55. The molecule has 206 valence electrons. The number of H-pyrrole nitrogens is 1. The Labute approximate surface area is 219 Å². The monoisotopic (exact) mass is 572 g/mol. The summed E-state index contributed by atoms with van der Waals surface area (Å²) in [6, 6.07) is 6.70. The summed E-state index contributed by atoms with van der Waals surface area (Å²) in [5.41, 5.74) is -1.80. The first-order chi connectivity index (χ1) is 18.2. The van der Waals surface area contributed by atoms with Gasteiger partial charge in [-0.05, 0) is 72.0 Å². The van der Waals surface area contributed by atoms with Crippen LogP contribution in [-0.4, -0.2) is 43.7 Å². The summed E-state index contributed by atoms with van der Waals surface area (Å²) >= 11 is 1.02. The average molecular weight is 572 g/mol. The number of aromatic amines is 1. The van der Waals surface area contributed by atoms with Gasteiger partial charge in [0.15, 0.2) is 5.17 Å². The third-order valence-electron chi connectivity index (χ3n) is 5.67. The number of nitrogens with one attached hydrogen (secondary N) is 2. The van der Waals surface area contributed by atoms with Gasteiger partial charge in [0.25, 0.3) is 5.91 Å². The van der Waals surface area contributed by atoms with Crippen LogP contribution in [0.15, 0.2) is 52.5 Å². The minimum atomic E-state index is -5.02. The molecule has 3 aromatic rings. The maximum Gasteiger partial charge on any atom is 0.503 e. The first-order valence-electron chi connectivity index (χ1n) is 11.2. The summed E-state index contributed by atoms with van der Waals surface area (Å²) in [5, 5.41) is 24.8. The molecule has 1 aromatic heterocycles. The Morgan fingerprint density at radius 3 is 2.36 bits per heavy atom. The highest BCUT2D eigenvalue weighted by atomic mass is 32.2. The molecule has 2 heterocycles. The van der Waals surface area contributed by atoms with Crippen LogP contribution in [0, 0.1) is 0 Å².